The number of ether oxygens (including phenoxy) is 1. The van der Waals surface area contributed by atoms with Gasteiger partial charge in [-0.3, -0.25) is 9.59 Å². The maximum Gasteiger partial charge on any atom is 0.387 e. The molecular weight excluding hydrogens is 468 g/mol. The fourth-order valence-corrected chi connectivity index (χ4v) is 6.05. The Morgan fingerprint density at radius 1 is 1.33 bits per heavy atom. The summed E-state index contributed by atoms with van der Waals surface area (Å²) in [7, 11) is 0. The zero-order valence-electron chi connectivity index (χ0n) is 18.2. The zero-order chi connectivity index (χ0) is 23.4. The largest absolute Gasteiger partial charge is 0.435 e. The van der Waals surface area contributed by atoms with E-state index in [0.717, 1.165) is 35.9 Å². The van der Waals surface area contributed by atoms with Crippen LogP contribution in [0.4, 0.5) is 8.78 Å². The lowest BCUT2D eigenvalue weighted by Crippen LogP contribution is -2.26. The number of hydrogen-bond acceptors (Lipinski definition) is 6. The minimum absolute atomic E-state index is 0.0595. The maximum atomic E-state index is 12.6. The molecule has 0 saturated heterocycles. The van der Waals surface area contributed by atoms with Gasteiger partial charge in [0.2, 0.25) is 5.91 Å². The van der Waals surface area contributed by atoms with E-state index in [1.54, 1.807) is 30.4 Å². The fourth-order valence-electron chi connectivity index (χ4n) is 3.97. The van der Waals surface area contributed by atoms with E-state index in [0.29, 0.717) is 29.3 Å². The van der Waals surface area contributed by atoms with Gasteiger partial charge >= 0.3 is 6.61 Å². The fraction of sp³-hybridized carbons (Fsp3) is 0.435. The smallest absolute Gasteiger partial charge is 0.387 e. The zero-order valence-corrected chi connectivity index (χ0v) is 19.8. The highest BCUT2D eigenvalue weighted by Gasteiger charge is 2.19. The van der Waals surface area contributed by atoms with E-state index in [1.807, 2.05) is 0 Å². The number of benzene rings is 1. The number of amides is 1. The van der Waals surface area contributed by atoms with Crippen molar-refractivity contribution in [3.63, 3.8) is 0 Å². The van der Waals surface area contributed by atoms with Gasteiger partial charge in [0.1, 0.15) is 16.4 Å². The monoisotopic (exact) mass is 493 g/mol. The van der Waals surface area contributed by atoms with Gasteiger partial charge in [0.05, 0.1) is 17.2 Å². The topological polar surface area (TPSA) is 84.1 Å². The van der Waals surface area contributed by atoms with Crippen LogP contribution in [0.5, 0.6) is 5.75 Å². The van der Waals surface area contributed by atoms with Gasteiger partial charge < -0.3 is 15.0 Å². The summed E-state index contributed by atoms with van der Waals surface area (Å²) >= 11 is 3.15. The Labute approximate surface area is 198 Å². The van der Waals surface area contributed by atoms with Crippen LogP contribution in [-0.2, 0) is 23.4 Å². The highest BCUT2D eigenvalue weighted by molar-refractivity contribution is 7.98. The number of thiophene rings is 1. The van der Waals surface area contributed by atoms with Crippen molar-refractivity contribution in [3.8, 4) is 5.75 Å². The quantitative estimate of drug-likeness (QED) is 0.412. The summed E-state index contributed by atoms with van der Waals surface area (Å²) in [6, 6.07) is 5.96. The third kappa shape index (κ3) is 5.92. The van der Waals surface area contributed by atoms with Gasteiger partial charge in [-0.25, -0.2) is 4.98 Å². The number of nitrogens with zero attached hydrogens (tertiary/aromatic N) is 1. The SMILES string of the molecule is CC(NC(=O)CCSCc1nc2sc3c(c2c(=O)[nH]1)CCCC3)c1cccc(OC(F)F)c1. The summed E-state index contributed by atoms with van der Waals surface area (Å²) in [4.78, 5) is 34.5. The van der Waals surface area contributed by atoms with Crippen LogP contribution in [0.1, 0.15) is 54.1 Å². The predicted molar refractivity (Wildman–Crippen MR) is 127 cm³/mol. The summed E-state index contributed by atoms with van der Waals surface area (Å²) in [5.74, 6) is 1.63. The summed E-state index contributed by atoms with van der Waals surface area (Å²) in [5.41, 5.74) is 1.79. The maximum absolute atomic E-state index is 12.6. The molecule has 1 amide bonds. The van der Waals surface area contributed by atoms with Crippen LogP contribution in [0.2, 0.25) is 0 Å². The van der Waals surface area contributed by atoms with Crippen molar-refractivity contribution in [2.75, 3.05) is 5.75 Å². The Morgan fingerprint density at radius 2 is 2.15 bits per heavy atom. The number of carbonyl (C=O) groups excluding carboxylic acids is 1. The second-order valence-electron chi connectivity index (χ2n) is 7.95. The molecule has 2 aromatic heterocycles. The van der Waals surface area contributed by atoms with E-state index in [-0.39, 0.29) is 23.3 Å². The van der Waals surface area contributed by atoms with E-state index in [2.05, 4.69) is 20.0 Å². The van der Waals surface area contributed by atoms with E-state index in [1.165, 1.54) is 34.3 Å². The van der Waals surface area contributed by atoms with Crippen LogP contribution in [0.3, 0.4) is 0 Å². The van der Waals surface area contributed by atoms with Crippen molar-refractivity contribution >= 4 is 39.2 Å². The van der Waals surface area contributed by atoms with Crippen molar-refractivity contribution in [3.05, 3.63) is 56.4 Å². The minimum atomic E-state index is -2.89. The average Bonchev–Trinajstić information content (AvgIpc) is 3.15. The molecule has 1 aliphatic carbocycles. The Morgan fingerprint density at radius 3 is 2.97 bits per heavy atom. The van der Waals surface area contributed by atoms with Crippen LogP contribution < -0.4 is 15.6 Å². The number of nitrogens with one attached hydrogen (secondary N) is 2. The van der Waals surface area contributed by atoms with Gasteiger partial charge in [0, 0.05) is 17.1 Å². The molecule has 4 rings (SSSR count). The Bertz CT molecular complexity index is 1200. The average molecular weight is 494 g/mol. The third-order valence-electron chi connectivity index (χ3n) is 5.55. The van der Waals surface area contributed by atoms with Gasteiger partial charge in [-0.05, 0) is 55.9 Å². The lowest BCUT2D eigenvalue weighted by molar-refractivity contribution is -0.121. The number of aryl methyl sites for hydroxylation is 2. The van der Waals surface area contributed by atoms with Crippen molar-refractivity contribution in [2.24, 2.45) is 0 Å². The van der Waals surface area contributed by atoms with E-state index < -0.39 is 6.61 Å². The van der Waals surface area contributed by atoms with E-state index >= 15 is 0 Å². The predicted octanol–water partition coefficient (Wildman–Crippen LogP) is 4.97. The molecule has 6 nitrogen and oxygen atoms in total. The Balaban J connectivity index is 1.27. The first-order valence-corrected chi connectivity index (χ1v) is 12.8. The number of halogens is 2. The van der Waals surface area contributed by atoms with Crippen LogP contribution in [0, 0.1) is 0 Å². The first kappa shape index (κ1) is 23.7. The number of carbonyl (C=O) groups is 1. The number of rotatable bonds is 9. The van der Waals surface area contributed by atoms with Crippen LogP contribution in [-0.4, -0.2) is 28.2 Å². The van der Waals surface area contributed by atoms with Crippen molar-refractivity contribution in [1.82, 2.24) is 15.3 Å². The Hall–Kier alpha value is -2.46. The number of aromatic nitrogens is 2. The molecule has 3 aromatic rings. The first-order valence-electron chi connectivity index (χ1n) is 10.9. The highest BCUT2D eigenvalue weighted by atomic mass is 32.2. The van der Waals surface area contributed by atoms with Crippen LogP contribution >= 0.6 is 23.1 Å². The number of fused-ring (bicyclic) bond motifs is 3. The highest BCUT2D eigenvalue weighted by Crippen LogP contribution is 2.33. The second-order valence-corrected chi connectivity index (χ2v) is 10.1. The molecule has 176 valence electrons. The minimum Gasteiger partial charge on any atom is -0.435 e. The molecule has 1 aromatic carbocycles. The molecule has 0 bridgehead atoms. The lowest BCUT2D eigenvalue weighted by Gasteiger charge is -2.15. The molecule has 0 fully saturated rings. The van der Waals surface area contributed by atoms with E-state index in [4.69, 9.17) is 0 Å². The number of thioether (sulfide) groups is 1. The molecule has 1 unspecified atom stereocenters. The molecule has 33 heavy (non-hydrogen) atoms. The molecule has 1 atom stereocenters. The summed E-state index contributed by atoms with van der Waals surface area (Å²) in [5, 5.41) is 3.62. The van der Waals surface area contributed by atoms with Crippen molar-refractivity contribution in [1.29, 1.82) is 0 Å². The number of aromatic amines is 1. The Kier molecular flexibility index (Phi) is 7.64. The lowest BCUT2D eigenvalue weighted by atomic mass is 9.97. The number of H-pyrrole nitrogens is 1. The summed E-state index contributed by atoms with van der Waals surface area (Å²) in [6.45, 7) is -1.10. The molecular formula is C23H25F2N3O3S2. The van der Waals surface area contributed by atoms with Crippen molar-refractivity contribution < 1.29 is 18.3 Å². The molecule has 1 aliphatic rings. The van der Waals surface area contributed by atoms with Gasteiger partial charge in [0.25, 0.3) is 5.56 Å². The van der Waals surface area contributed by atoms with Crippen LogP contribution in [0.25, 0.3) is 10.2 Å². The number of hydrogen-bond donors (Lipinski definition) is 2. The normalized spacial score (nSPS) is 14.3. The van der Waals surface area contributed by atoms with Gasteiger partial charge in [-0.1, -0.05) is 12.1 Å². The molecule has 2 heterocycles. The molecule has 0 saturated carbocycles. The molecule has 2 N–H and O–H groups in total. The molecule has 0 radical (unpaired) electrons. The summed E-state index contributed by atoms with van der Waals surface area (Å²) < 4.78 is 29.2. The molecule has 0 spiro atoms. The first-order chi connectivity index (χ1) is 15.9. The van der Waals surface area contributed by atoms with Crippen molar-refractivity contribution in [2.45, 2.75) is 57.4 Å². The van der Waals surface area contributed by atoms with E-state index in [9.17, 15) is 18.4 Å². The molecule has 0 aliphatic heterocycles. The summed E-state index contributed by atoms with van der Waals surface area (Å²) in [6.07, 6.45) is 4.55. The van der Waals surface area contributed by atoms with Gasteiger partial charge in [-0.15, -0.1) is 11.3 Å². The van der Waals surface area contributed by atoms with Gasteiger partial charge in [0.15, 0.2) is 0 Å². The van der Waals surface area contributed by atoms with Gasteiger partial charge in [-0.2, -0.15) is 20.5 Å². The molecule has 10 heteroatoms. The second kappa shape index (κ2) is 10.6. The standard InChI is InChI=1S/C23H25F2N3O3S2/c1-13(14-5-4-6-15(11-14)31-23(24)25)26-19(29)9-10-32-12-18-27-21(30)20-16-7-2-3-8-17(16)33-22(20)28-18/h4-6,11,13,23H,2-3,7-10,12H2,1H3,(H,26,29)(H,27,28,30). The number of alkyl halides is 2. The third-order valence-corrected chi connectivity index (χ3v) is 7.70. The van der Waals surface area contributed by atoms with Crippen LogP contribution in [0.15, 0.2) is 29.1 Å².